The zero-order valence-corrected chi connectivity index (χ0v) is 10.6. The maximum atomic E-state index is 12.4. The van der Waals surface area contributed by atoms with Gasteiger partial charge >= 0.3 is 0 Å². The van der Waals surface area contributed by atoms with Crippen LogP contribution in [0.15, 0.2) is 42.9 Å². The molecule has 2 N–H and O–H groups in total. The highest BCUT2D eigenvalue weighted by Crippen LogP contribution is 2.19. The number of hydrogen-bond acceptors (Lipinski definition) is 2. The molecule has 2 aromatic heterocycles. The molecule has 0 saturated heterocycles. The van der Waals surface area contributed by atoms with E-state index >= 15 is 0 Å². The van der Waals surface area contributed by atoms with Crippen molar-refractivity contribution in [2.45, 2.75) is 6.54 Å². The molecule has 3 rings (SSSR count). The molecule has 0 aliphatic carbocycles. The van der Waals surface area contributed by atoms with Crippen LogP contribution in [0.5, 0.6) is 0 Å². The number of benzene rings is 1. The standard InChI is InChI=1S/C14H14N4O/c1-18(9-10-6-16-17-7-10)14(19)12-8-15-13-5-3-2-4-11(12)13/h2-8,15H,9H2,1H3,(H,16,17). The summed E-state index contributed by atoms with van der Waals surface area (Å²) >= 11 is 0. The van der Waals surface area contributed by atoms with E-state index in [4.69, 9.17) is 0 Å². The second-order valence-corrected chi connectivity index (χ2v) is 4.52. The first kappa shape index (κ1) is 11.5. The van der Waals surface area contributed by atoms with E-state index < -0.39 is 0 Å². The van der Waals surface area contributed by atoms with E-state index in [-0.39, 0.29) is 5.91 Å². The summed E-state index contributed by atoms with van der Waals surface area (Å²) in [4.78, 5) is 17.2. The summed E-state index contributed by atoms with van der Waals surface area (Å²) < 4.78 is 0. The summed E-state index contributed by atoms with van der Waals surface area (Å²) in [5, 5.41) is 7.57. The lowest BCUT2D eigenvalue weighted by molar-refractivity contribution is 0.0787. The molecule has 5 nitrogen and oxygen atoms in total. The first-order valence-electron chi connectivity index (χ1n) is 6.05. The number of rotatable bonds is 3. The number of fused-ring (bicyclic) bond motifs is 1. The molecule has 0 fully saturated rings. The number of carbonyl (C=O) groups is 1. The van der Waals surface area contributed by atoms with E-state index in [2.05, 4.69) is 15.2 Å². The molecule has 1 aromatic carbocycles. The quantitative estimate of drug-likeness (QED) is 0.752. The van der Waals surface area contributed by atoms with E-state index in [1.54, 1.807) is 30.5 Å². The minimum absolute atomic E-state index is 0.00125. The fraction of sp³-hybridized carbons (Fsp3) is 0.143. The van der Waals surface area contributed by atoms with Crippen LogP contribution >= 0.6 is 0 Å². The Kier molecular flexibility index (Phi) is 2.79. The monoisotopic (exact) mass is 254 g/mol. The number of aromatic nitrogens is 3. The molecule has 0 spiro atoms. The Morgan fingerprint density at radius 3 is 2.95 bits per heavy atom. The highest BCUT2D eigenvalue weighted by atomic mass is 16.2. The highest BCUT2D eigenvalue weighted by Gasteiger charge is 2.16. The van der Waals surface area contributed by atoms with Gasteiger partial charge in [-0.2, -0.15) is 5.10 Å². The molecule has 0 aliphatic rings. The van der Waals surface area contributed by atoms with Crippen molar-refractivity contribution in [3.63, 3.8) is 0 Å². The minimum Gasteiger partial charge on any atom is -0.360 e. The van der Waals surface area contributed by atoms with Gasteiger partial charge in [0.15, 0.2) is 0 Å². The fourth-order valence-electron chi connectivity index (χ4n) is 2.16. The maximum absolute atomic E-state index is 12.4. The molecule has 1 amide bonds. The Labute approximate surface area is 110 Å². The fourth-order valence-corrected chi connectivity index (χ4v) is 2.16. The average Bonchev–Trinajstić information content (AvgIpc) is 3.06. The third-order valence-corrected chi connectivity index (χ3v) is 3.14. The van der Waals surface area contributed by atoms with Gasteiger partial charge in [0.2, 0.25) is 0 Å². The molecule has 0 bridgehead atoms. The van der Waals surface area contributed by atoms with E-state index in [1.165, 1.54) is 0 Å². The second-order valence-electron chi connectivity index (χ2n) is 4.52. The molecule has 0 radical (unpaired) electrons. The first-order valence-corrected chi connectivity index (χ1v) is 6.05. The van der Waals surface area contributed by atoms with Gasteiger partial charge in [-0.05, 0) is 6.07 Å². The van der Waals surface area contributed by atoms with Crippen LogP contribution < -0.4 is 0 Å². The van der Waals surface area contributed by atoms with Gasteiger partial charge in [0.1, 0.15) is 0 Å². The predicted molar refractivity (Wildman–Crippen MR) is 72.7 cm³/mol. The molecule has 96 valence electrons. The number of H-pyrrole nitrogens is 2. The smallest absolute Gasteiger partial charge is 0.256 e. The zero-order chi connectivity index (χ0) is 13.2. The van der Waals surface area contributed by atoms with Gasteiger partial charge < -0.3 is 9.88 Å². The molecular formula is C14H14N4O. The van der Waals surface area contributed by atoms with E-state index in [1.807, 2.05) is 24.3 Å². The van der Waals surface area contributed by atoms with Crippen LogP contribution in [0.4, 0.5) is 0 Å². The van der Waals surface area contributed by atoms with Gasteiger partial charge in [-0.3, -0.25) is 9.89 Å². The van der Waals surface area contributed by atoms with Crippen molar-refractivity contribution in [1.29, 1.82) is 0 Å². The molecule has 2 heterocycles. The molecule has 3 aromatic rings. The largest absolute Gasteiger partial charge is 0.360 e. The lowest BCUT2D eigenvalue weighted by atomic mass is 10.1. The molecule has 0 aliphatic heterocycles. The Hall–Kier alpha value is -2.56. The Morgan fingerprint density at radius 2 is 2.16 bits per heavy atom. The van der Waals surface area contributed by atoms with Gasteiger partial charge in [0.05, 0.1) is 11.8 Å². The number of hydrogen-bond donors (Lipinski definition) is 2. The molecule has 19 heavy (non-hydrogen) atoms. The Bertz CT molecular complexity index is 699. The van der Waals surface area contributed by atoms with Crippen LogP contribution in [0.3, 0.4) is 0 Å². The van der Waals surface area contributed by atoms with Gasteiger partial charge in [0.25, 0.3) is 5.91 Å². The summed E-state index contributed by atoms with van der Waals surface area (Å²) in [6.45, 7) is 0.537. The van der Waals surface area contributed by atoms with Crippen molar-refractivity contribution in [1.82, 2.24) is 20.1 Å². The molecule has 0 saturated carbocycles. The number of nitrogens with zero attached hydrogens (tertiary/aromatic N) is 2. The lowest BCUT2D eigenvalue weighted by Crippen LogP contribution is -2.25. The van der Waals surface area contributed by atoms with E-state index in [9.17, 15) is 4.79 Å². The zero-order valence-electron chi connectivity index (χ0n) is 10.6. The molecule has 0 atom stereocenters. The second kappa shape index (κ2) is 4.61. The van der Waals surface area contributed by atoms with Crippen LogP contribution in [-0.4, -0.2) is 33.0 Å². The third kappa shape index (κ3) is 2.10. The summed E-state index contributed by atoms with van der Waals surface area (Å²) in [5.74, 6) is -0.00125. The summed E-state index contributed by atoms with van der Waals surface area (Å²) in [7, 11) is 1.79. The van der Waals surface area contributed by atoms with Crippen molar-refractivity contribution in [2.24, 2.45) is 0 Å². The summed E-state index contributed by atoms with van der Waals surface area (Å²) in [5.41, 5.74) is 2.65. The topological polar surface area (TPSA) is 64.8 Å². The Morgan fingerprint density at radius 1 is 1.32 bits per heavy atom. The van der Waals surface area contributed by atoms with Crippen molar-refractivity contribution >= 4 is 16.8 Å². The summed E-state index contributed by atoms with van der Waals surface area (Å²) in [6.07, 6.45) is 5.27. The summed E-state index contributed by atoms with van der Waals surface area (Å²) in [6, 6.07) is 7.79. The average molecular weight is 254 g/mol. The normalized spacial score (nSPS) is 10.8. The number of para-hydroxylation sites is 1. The minimum atomic E-state index is -0.00125. The van der Waals surface area contributed by atoms with Gasteiger partial charge in [-0.15, -0.1) is 0 Å². The third-order valence-electron chi connectivity index (χ3n) is 3.14. The van der Waals surface area contributed by atoms with Gasteiger partial charge in [-0.25, -0.2) is 0 Å². The van der Waals surface area contributed by atoms with Crippen molar-refractivity contribution in [2.75, 3.05) is 7.05 Å². The highest BCUT2D eigenvalue weighted by molar-refractivity contribution is 6.06. The van der Waals surface area contributed by atoms with Gasteiger partial charge in [0, 0.05) is 42.5 Å². The van der Waals surface area contributed by atoms with Crippen LogP contribution in [0.2, 0.25) is 0 Å². The Balaban J connectivity index is 1.87. The number of nitrogens with one attached hydrogen (secondary N) is 2. The molecule has 5 heteroatoms. The van der Waals surface area contributed by atoms with Crippen LogP contribution in [0, 0.1) is 0 Å². The SMILES string of the molecule is CN(Cc1cn[nH]c1)C(=O)c1c[nH]c2ccccc12. The van der Waals surface area contributed by atoms with E-state index in [0.717, 1.165) is 16.5 Å². The number of amides is 1. The van der Waals surface area contributed by atoms with Crippen LogP contribution in [0.25, 0.3) is 10.9 Å². The number of aromatic amines is 2. The molecule has 0 unspecified atom stereocenters. The van der Waals surface area contributed by atoms with Crippen molar-refractivity contribution in [3.05, 3.63) is 54.0 Å². The lowest BCUT2D eigenvalue weighted by Gasteiger charge is -2.15. The van der Waals surface area contributed by atoms with Crippen molar-refractivity contribution < 1.29 is 4.79 Å². The predicted octanol–water partition coefficient (Wildman–Crippen LogP) is 2.16. The van der Waals surface area contributed by atoms with Crippen LogP contribution in [0.1, 0.15) is 15.9 Å². The van der Waals surface area contributed by atoms with Gasteiger partial charge in [-0.1, -0.05) is 18.2 Å². The van der Waals surface area contributed by atoms with Crippen molar-refractivity contribution in [3.8, 4) is 0 Å². The molecular weight excluding hydrogens is 240 g/mol. The first-order chi connectivity index (χ1) is 9.25. The van der Waals surface area contributed by atoms with Crippen LogP contribution in [-0.2, 0) is 6.54 Å². The number of carbonyl (C=O) groups excluding carboxylic acids is 1. The maximum Gasteiger partial charge on any atom is 0.256 e. The van der Waals surface area contributed by atoms with E-state index in [0.29, 0.717) is 12.1 Å².